The second kappa shape index (κ2) is 22.8. The molecule has 4 rings (SSSR count). The Morgan fingerprint density at radius 1 is 0.483 bits per heavy atom. The van der Waals surface area contributed by atoms with Gasteiger partial charge in [0.2, 0.25) is 0 Å². The summed E-state index contributed by atoms with van der Waals surface area (Å²) in [7, 11) is -23.6. The van der Waals surface area contributed by atoms with Crippen LogP contribution in [0.5, 0.6) is 0 Å². The SMILES string of the molecule is Nc1c(N=Nc2ccc(S(=O)(=O)CCOS(=O)(=O)O)cc2)cc(S(=O)(=O)O)c(N)c1N=Nc1ccc(N=Nc2ccc(S(=O)(=O)O)cc2)cc1S(=O)(=O)O.[Na].[Na].[Na].[Na]. The molecular weight excluding hydrogens is 917 g/mol. The Labute approximate surface area is 419 Å². The Morgan fingerprint density at radius 3 is 1.41 bits per heavy atom. The Morgan fingerprint density at radius 2 is 0.931 bits per heavy atom. The molecule has 0 saturated heterocycles. The number of hydrogen-bond donors (Lipinski definition) is 6. The van der Waals surface area contributed by atoms with Crippen LogP contribution in [0.2, 0.25) is 0 Å². The van der Waals surface area contributed by atoms with Crippen molar-refractivity contribution in [3.05, 3.63) is 72.8 Å². The topological polar surface area (TPSA) is 387 Å². The van der Waals surface area contributed by atoms with Crippen molar-refractivity contribution in [3.63, 3.8) is 0 Å². The third kappa shape index (κ3) is 16.3. The fraction of sp³-hybridized carbons (Fsp3) is 0.0769. The summed E-state index contributed by atoms with van der Waals surface area (Å²) < 4.78 is 159. The molecule has 0 bridgehead atoms. The summed E-state index contributed by atoms with van der Waals surface area (Å²) in [5.41, 5.74) is 8.98. The summed E-state index contributed by atoms with van der Waals surface area (Å²) in [6.07, 6.45) is 0. The van der Waals surface area contributed by atoms with Crippen LogP contribution in [-0.4, -0.2) is 191 Å². The molecule has 0 aromatic heterocycles. The van der Waals surface area contributed by atoms with Crippen LogP contribution in [0, 0.1) is 0 Å². The van der Waals surface area contributed by atoms with Crippen LogP contribution in [0.15, 0.2) is 123 Å². The largest absolute Gasteiger partial charge is 0.397 e. The Bertz CT molecular complexity index is 2780. The number of rotatable bonds is 14. The number of hydrogen-bond acceptors (Lipinski definition) is 19. The first-order valence-corrected chi connectivity index (χ1v) is 21.3. The van der Waals surface area contributed by atoms with Crippen LogP contribution in [0.25, 0.3) is 0 Å². The number of nitrogens with two attached hydrogens (primary N) is 2. The quantitative estimate of drug-likeness (QED) is 0.0458. The van der Waals surface area contributed by atoms with E-state index in [4.69, 9.17) is 20.6 Å². The molecule has 0 saturated carbocycles. The summed E-state index contributed by atoms with van der Waals surface area (Å²) in [5.74, 6) is -0.814. The van der Waals surface area contributed by atoms with Gasteiger partial charge in [0.15, 0.2) is 9.84 Å². The molecule has 4 aromatic rings. The van der Waals surface area contributed by atoms with Crippen molar-refractivity contribution in [1.29, 1.82) is 0 Å². The molecule has 0 amide bonds. The smallest absolute Gasteiger partial charge is 0.396 e. The van der Waals surface area contributed by atoms with E-state index in [1.54, 1.807) is 0 Å². The fourth-order valence-electron chi connectivity index (χ4n) is 4.02. The molecular formula is C26H24N8Na4O15S5. The number of nitrogens with zero attached hydrogens (tertiary/aromatic N) is 6. The predicted molar refractivity (Wildman–Crippen MR) is 209 cm³/mol. The number of azo groups is 3. The van der Waals surface area contributed by atoms with E-state index in [2.05, 4.69) is 34.9 Å². The summed E-state index contributed by atoms with van der Waals surface area (Å²) in [5, 5.41) is 22.7. The van der Waals surface area contributed by atoms with Gasteiger partial charge >= 0.3 is 10.4 Å². The van der Waals surface area contributed by atoms with Crippen molar-refractivity contribution in [2.24, 2.45) is 30.7 Å². The monoisotopic (exact) mass is 940 g/mol. The molecule has 0 heterocycles. The molecule has 23 nitrogen and oxygen atoms in total. The minimum absolute atomic E-state index is 0. The molecule has 0 fully saturated rings. The van der Waals surface area contributed by atoms with E-state index in [0.29, 0.717) is 0 Å². The van der Waals surface area contributed by atoms with Crippen LogP contribution >= 0.6 is 0 Å². The van der Waals surface area contributed by atoms with Crippen molar-refractivity contribution in [2.45, 2.75) is 19.6 Å². The molecule has 4 radical (unpaired) electrons. The number of anilines is 2. The maximum absolute atomic E-state index is 12.4. The zero-order valence-electron chi connectivity index (χ0n) is 30.5. The normalized spacial score (nSPS) is 12.4. The van der Waals surface area contributed by atoms with E-state index < -0.39 is 106 Å². The molecule has 58 heavy (non-hydrogen) atoms. The van der Waals surface area contributed by atoms with Gasteiger partial charge < -0.3 is 11.5 Å². The molecule has 0 unspecified atom stereocenters. The van der Waals surface area contributed by atoms with E-state index in [0.717, 1.165) is 54.6 Å². The Kier molecular flexibility index (Phi) is 22.3. The van der Waals surface area contributed by atoms with Crippen molar-refractivity contribution in [2.75, 3.05) is 23.8 Å². The van der Waals surface area contributed by atoms with Crippen molar-refractivity contribution < 1.29 is 64.5 Å². The van der Waals surface area contributed by atoms with E-state index in [1.165, 1.54) is 18.2 Å². The molecule has 0 aliphatic carbocycles. The Balaban J connectivity index is 0.00000812. The third-order valence-electron chi connectivity index (χ3n) is 6.55. The summed E-state index contributed by atoms with van der Waals surface area (Å²) in [4.78, 5) is -2.55. The van der Waals surface area contributed by atoms with Crippen LogP contribution < -0.4 is 11.5 Å². The second-order valence-corrected chi connectivity index (χ2v) is 17.7. The van der Waals surface area contributed by atoms with Gasteiger partial charge in [0.1, 0.15) is 26.9 Å². The van der Waals surface area contributed by atoms with Gasteiger partial charge in [0.05, 0.1) is 50.6 Å². The van der Waals surface area contributed by atoms with Crippen molar-refractivity contribution >= 4 is 214 Å². The standard InChI is InChI=1S/C26H24N8O15S5.4Na/c27-24-21(33-30-16-1-6-18(7-2-16)50(35,36)12-11-49-54(46,47)48)14-23(53(43,44)45)25(28)26(24)34-32-20-10-5-17(13-22(20)52(40,41)42)31-29-15-3-8-19(9-4-15)51(37,38)39;;;;/h1-10,13-14H,11-12,27-28H2,(H,37,38,39)(H,40,41,42)(H,43,44,45)(H,46,47,48);;;;. The van der Waals surface area contributed by atoms with E-state index in [9.17, 15) is 51.2 Å². The molecule has 0 spiro atoms. The molecule has 0 aliphatic rings. The maximum atomic E-state index is 12.4. The van der Waals surface area contributed by atoms with E-state index >= 15 is 0 Å². The predicted octanol–water partition coefficient (Wildman–Crippen LogP) is 2.91. The molecule has 8 N–H and O–H groups in total. The first-order valence-electron chi connectivity index (χ1n) is 13.9. The van der Waals surface area contributed by atoms with Crippen LogP contribution in [0.1, 0.15) is 0 Å². The average molecular weight is 941 g/mol. The van der Waals surface area contributed by atoms with E-state index in [1.807, 2.05) is 0 Å². The minimum atomic E-state index is -5.09. The van der Waals surface area contributed by atoms with Gasteiger partial charge in [0, 0.05) is 118 Å². The van der Waals surface area contributed by atoms with Gasteiger partial charge in [-0.25, -0.2) is 12.6 Å². The van der Waals surface area contributed by atoms with Crippen molar-refractivity contribution in [3.8, 4) is 0 Å². The molecule has 292 valence electrons. The van der Waals surface area contributed by atoms with E-state index in [-0.39, 0.29) is 140 Å². The van der Waals surface area contributed by atoms with Gasteiger partial charge in [-0.05, 0) is 72.8 Å². The average Bonchev–Trinajstić information content (AvgIpc) is 3.05. The number of nitrogen functional groups attached to an aromatic ring is 2. The molecule has 0 aliphatic heterocycles. The Hall–Kier alpha value is -1.17. The zero-order valence-corrected chi connectivity index (χ0v) is 42.6. The van der Waals surface area contributed by atoms with Gasteiger partial charge in [-0.3, -0.25) is 18.2 Å². The summed E-state index contributed by atoms with van der Waals surface area (Å²) >= 11 is 0. The second-order valence-electron chi connectivity index (χ2n) is 10.3. The van der Waals surface area contributed by atoms with Gasteiger partial charge in [-0.2, -0.15) is 49.0 Å². The summed E-state index contributed by atoms with van der Waals surface area (Å²) in [6, 6.07) is 12.6. The maximum Gasteiger partial charge on any atom is 0.397 e. The first kappa shape index (κ1) is 56.8. The van der Waals surface area contributed by atoms with Gasteiger partial charge in [-0.1, -0.05) is 0 Å². The first-order chi connectivity index (χ1) is 24.8. The van der Waals surface area contributed by atoms with Gasteiger partial charge in [-0.15, -0.1) is 15.3 Å². The van der Waals surface area contributed by atoms with Crippen molar-refractivity contribution in [1.82, 2.24) is 0 Å². The van der Waals surface area contributed by atoms with Crippen LogP contribution in [0.3, 0.4) is 0 Å². The fourth-order valence-corrected chi connectivity index (χ4v) is 7.27. The van der Waals surface area contributed by atoms with Crippen LogP contribution in [0.4, 0.5) is 45.5 Å². The summed E-state index contributed by atoms with van der Waals surface area (Å²) in [6.45, 7) is -0.871. The molecule has 4 aromatic carbocycles. The molecule has 0 atom stereocenters. The minimum Gasteiger partial charge on any atom is -0.396 e. The number of benzene rings is 4. The number of sulfone groups is 1. The van der Waals surface area contributed by atoms with Gasteiger partial charge in [0.25, 0.3) is 30.4 Å². The van der Waals surface area contributed by atoms with Crippen LogP contribution in [-0.2, 0) is 54.8 Å². The molecule has 32 heteroatoms. The third-order valence-corrected chi connectivity index (χ3v) is 11.3. The zero-order chi connectivity index (χ0) is 40.3.